The van der Waals surface area contributed by atoms with Crippen LogP contribution in [0.3, 0.4) is 0 Å². The largest absolute Gasteiger partial charge is 0.310 e. The molecule has 0 bridgehead atoms. The molecule has 0 unspecified atom stereocenters. The third-order valence-corrected chi connectivity index (χ3v) is 17.6. The van der Waals surface area contributed by atoms with E-state index < -0.39 is 8.07 Å². The first kappa shape index (κ1) is 40.7. The SMILES string of the molecule is C=Cc1ccc([Si]2(c3ccc(C=C)cc3)c3cc(C(C)(C)C)ccc3-c3c(N(c4ccc(-c5ccccc5)cc4)c4ccc(-c5ccccc5)cc4)cc(C(C)(C)C)cc32)cc1. The summed E-state index contributed by atoms with van der Waals surface area (Å²) in [6.45, 7) is 22.3. The number of nitrogens with zero attached hydrogens (tertiary/aromatic N) is 1. The fourth-order valence-corrected chi connectivity index (χ4v) is 14.5. The van der Waals surface area contributed by atoms with Crippen molar-refractivity contribution in [1.82, 2.24) is 0 Å². The molecular formula is C60H55NSi. The highest BCUT2D eigenvalue weighted by molar-refractivity contribution is 7.22. The van der Waals surface area contributed by atoms with Crippen LogP contribution in [-0.2, 0) is 10.8 Å². The first-order valence-corrected chi connectivity index (χ1v) is 23.8. The molecule has 0 radical (unpaired) electrons. The lowest BCUT2D eigenvalue weighted by Gasteiger charge is -2.35. The van der Waals surface area contributed by atoms with E-state index in [1.54, 1.807) is 0 Å². The molecule has 304 valence electrons. The van der Waals surface area contributed by atoms with Crippen molar-refractivity contribution in [2.45, 2.75) is 52.4 Å². The Morgan fingerprint density at radius 2 is 0.839 bits per heavy atom. The zero-order valence-electron chi connectivity index (χ0n) is 36.9. The van der Waals surface area contributed by atoms with Crippen LogP contribution >= 0.6 is 0 Å². The van der Waals surface area contributed by atoms with Crippen molar-refractivity contribution in [3.63, 3.8) is 0 Å². The lowest BCUT2D eigenvalue weighted by Crippen LogP contribution is -2.73. The molecule has 8 aromatic rings. The van der Waals surface area contributed by atoms with Gasteiger partial charge in [0.2, 0.25) is 0 Å². The molecule has 0 fully saturated rings. The van der Waals surface area contributed by atoms with Crippen LogP contribution in [0.4, 0.5) is 17.1 Å². The summed E-state index contributed by atoms with van der Waals surface area (Å²) in [5, 5.41) is 5.58. The number of rotatable bonds is 9. The molecular weight excluding hydrogens is 763 g/mol. The molecule has 0 saturated carbocycles. The minimum absolute atomic E-state index is 0.0459. The standard InChI is InChI=1S/C60H55NSi/c1-9-42-21-34-52(35-22-42)62(53-36-23-43(10-2)24-37-53)56-40-48(59(3,4)5)29-38-54(56)58-55(39-49(41-57(58)62)60(6,7)8)61(50-30-25-46(26-31-50)44-17-13-11-14-18-44)51-32-27-47(28-33-51)45-19-15-12-16-20-45/h9-41H,1-2H2,3-8H3. The van der Waals surface area contributed by atoms with Crippen LogP contribution in [0.5, 0.6) is 0 Å². The van der Waals surface area contributed by atoms with E-state index in [0.29, 0.717) is 0 Å². The van der Waals surface area contributed by atoms with E-state index in [1.165, 1.54) is 70.9 Å². The number of fused-ring (bicyclic) bond motifs is 3. The summed E-state index contributed by atoms with van der Waals surface area (Å²) >= 11 is 0. The molecule has 0 amide bonds. The highest BCUT2D eigenvalue weighted by Gasteiger charge is 2.51. The molecule has 9 rings (SSSR count). The number of benzene rings is 8. The maximum atomic E-state index is 4.13. The number of hydrogen-bond acceptors (Lipinski definition) is 1. The van der Waals surface area contributed by atoms with Gasteiger partial charge in [0.1, 0.15) is 0 Å². The van der Waals surface area contributed by atoms with Gasteiger partial charge in [-0.25, -0.2) is 0 Å². The van der Waals surface area contributed by atoms with Gasteiger partial charge in [-0.1, -0.05) is 225 Å². The first-order valence-electron chi connectivity index (χ1n) is 21.8. The Bertz CT molecular complexity index is 2760. The van der Waals surface area contributed by atoms with Crippen molar-refractivity contribution < 1.29 is 0 Å². The first-order chi connectivity index (χ1) is 29.9. The van der Waals surface area contributed by atoms with Crippen molar-refractivity contribution in [2.24, 2.45) is 0 Å². The van der Waals surface area contributed by atoms with Crippen LogP contribution in [0.1, 0.15) is 63.8 Å². The summed E-state index contributed by atoms with van der Waals surface area (Å²) in [5.41, 5.74) is 15.5. The summed E-state index contributed by atoms with van der Waals surface area (Å²) in [6.07, 6.45) is 3.90. The monoisotopic (exact) mass is 817 g/mol. The average molecular weight is 818 g/mol. The van der Waals surface area contributed by atoms with Gasteiger partial charge in [0.25, 0.3) is 0 Å². The molecule has 1 heterocycles. The summed E-state index contributed by atoms with van der Waals surface area (Å²) in [6, 6.07) is 70.7. The molecule has 8 aromatic carbocycles. The molecule has 0 aliphatic carbocycles. The molecule has 0 aromatic heterocycles. The Balaban J connectivity index is 1.40. The van der Waals surface area contributed by atoms with Gasteiger partial charge in [-0.15, -0.1) is 0 Å². The fourth-order valence-electron chi connectivity index (χ4n) is 9.32. The van der Waals surface area contributed by atoms with Gasteiger partial charge in [0.05, 0.1) is 5.69 Å². The molecule has 1 aliphatic rings. The topological polar surface area (TPSA) is 3.24 Å². The van der Waals surface area contributed by atoms with Crippen molar-refractivity contribution >= 4 is 58.0 Å². The van der Waals surface area contributed by atoms with Crippen molar-refractivity contribution in [3.8, 4) is 33.4 Å². The van der Waals surface area contributed by atoms with E-state index >= 15 is 0 Å². The van der Waals surface area contributed by atoms with Gasteiger partial charge < -0.3 is 4.90 Å². The van der Waals surface area contributed by atoms with Crippen LogP contribution in [0, 0.1) is 0 Å². The van der Waals surface area contributed by atoms with Crippen molar-refractivity contribution in [2.75, 3.05) is 4.90 Å². The second-order valence-electron chi connectivity index (χ2n) is 18.7. The minimum Gasteiger partial charge on any atom is -0.310 e. The highest BCUT2D eigenvalue weighted by atomic mass is 28.3. The Morgan fingerprint density at radius 1 is 0.419 bits per heavy atom. The quantitative estimate of drug-likeness (QED) is 0.131. The Morgan fingerprint density at radius 3 is 1.26 bits per heavy atom. The van der Waals surface area contributed by atoms with Gasteiger partial charge in [-0.05, 0) is 112 Å². The molecule has 0 spiro atoms. The van der Waals surface area contributed by atoms with Gasteiger partial charge in [0, 0.05) is 16.9 Å². The van der Waals surface area contributed by atoms with Gasteiger partial charge in [0.15, 0.2) is 8.07 Å². The summed E-state index contributed by atoms with van der Waals surface area (Å²) < 4.78 is 0. The zero-order chi connectivity index (χ0) is 43.2. The van der Waals surface area contributed by atoms with Crippen molar-refractivity contribution in [1.29, 1.82) is 0 Å². The zero-order valence-corrected chi connectivity index (χ0v) is 37.9. The lowest BCUT2D eigenvalue weighted by atomic mass is 9.84. The predicted molar refractivity (Wildman–Crippen MR) is 272 cm³/mol. The Kier molecular flexibility index (Phi) is 10.5. The molecule has 0 N–H and O–H groups in total. The predicted octanol–water partition coefficient (Wildman–Crippen LogP) is 13.7. The maximum absolute atomic E-state index is 4.13. The van der Waals surface area contributed by atoms with E-state index in [0.717, 1.165) is 22.5 Å². The van der Waals surface area contributed by atoms with E-state index in [-0.39, 0.29) is 10.8 Å². The number of hydrogen-bond donors (Lipinski definition) is 0. The number of anilines is 3. The molecule has 2 heteroatoms. The van der Waals surface area contributed by atoms with E-state index in [2.05, 4.69) is 248 Å². The highest BCUT2D eigenvalue weighted by Crippen LogP contribution is 2.46. The van der Waals surface area contributed by atoms with E-state index in [1.807, 2.05) is 12.2 Å². The molecule has 1 aliphatic heterocycles. The Hall–Kier alpha value is -6.74. The van der Waals surface area contributed by atoms with Crippen LogP contribution in [-0.4, -0.2) is 8.07 Å². The van der Waals surface area contributed by atoms with E-state index in [4.69, 9.17) is 0 Å². The lowest BCUT2D eigenvalue weighted by molar-refractivity contribution is 0.590. The second kappa shape index (κ2) is 15.9. The Labute approximate surface area is 370 Å². The normalized spacial score (nSPS) is 12.9. The summed E-state index contributed by atoms with van der Waals surface area (Å²) in [7, 11) is -3.00. The van der Waals surface area contributed by atoms with E-state index in [9.17, 15) is 0 Å². The van der Waals surface area contributed by atoms with Crippen molar-refractivity contribution in [3.05, 3.63) is 223 Å². The average Bonchev–Trinajstić information content (AvgIpc) is 3.60. The van der Waals surface area contributed by atoms with Gasteiger partial charge in [-0.3, -0.25) is 0 Å². The van der Waals surface area contributed by atoms with Crippen LogP contribution in [0.25, 0.3) is 45.5 Å². The summed E-state index contributed by atoms with van der Waals surface area (Å²) in [5.74, 6) is 0. The molecule has 62 heavy (non-hydrogen) atoms. The molecule has 0 atom stereocenters. The fraction of sp³-hybridized carbons (Fsp3) is 0.133. The smallest absolute Gasteiger partial charge is 0.180 e. The third-order valence-electron chi connectivity index (χ3n) is 12.8. The second-order valence-corrected chi connectivity index (χ2v) is 22.5. The maximum Gasteiger partial charge on any atom is 0.180 e. The summed E-state index contributed by atoms with van der Waals surface area (Å²) in [4.78, 5) is 2.52. The van der Waals surface area contributed by atoms with Crippen LogP contribution in [0.15, 0.2) is 201 Å². The molecule has 1 nitrogen and oxygen atoms in total. The van der Waals surface area contributed by atoms with Gasteiger partial charge in [-0.2, -0.15) is 0 Å². The van der Waals surface area contributed by atoms with Crippen LogP contribution < -0.4 is 25.6 Å². The minimum atomic E-state index is -3.00. The van der Waals surface area contributed by atoms with Crippen LogP contribution in [0.2, 0.25) is 0 Å². The third kappa shape index (κ3) is 7.19. The van der Waals surface area contributed by atoms with Gasteiger partial charge >= 0.3 is 0 Å². The molecule has 0 saturated heterocycles.